The molecular weight excluding hydrogens is 164 g/mol. The summed E-state index contributed by atoms with van der Waals surface area (Å²) in [4.78, 5) is 11.5. The molecule has 1 aliphatic heterocycles. The van der Waals surface area contributed by atoms with Crippen LogP contribution in [0.2, 0.25) is 0 Å². The molecule has 0 aromatic heterocycles. The van der Waals surface area contributed by atoms with E-state index in [1.165, 1.54) is 25.7 Å². The van der Waals surface area contributed by atoms with E-state index in [2.05, 4.69) is 10.6 Å². The Morgan fingerprint density at radius 1 is 1.15 bits per heavy atom. The van der Waals surface area contributed by atoms with Crippen molar-refractivity contribution in [3.8, 4) is 0 Å². The van der Waals surface area contributed by atoms with Crippen molar-refractivity contribution < 1.29 is 4.79 Å². The summed E-state index contributed by atoms with van der Waals surface area (Å²) in [6, 6.07) is 0.710. The Bertz CT molecular complexity index is 189. The highest BCUT2D eigenvalue weighted by Gasteiger charge is 2.26. The Morgan fingerprint density at radius 3 is 2.69 bits per heavy atom. The van der Waals surface area contributed by atoms with Gasteiger partial charge in [-0.05, 0) is 32.1 Å². The van der Waals surface area contributed by atoms with E-state index in [-0.39, 0.29) is 11.9 Å². The van der Waals surface area contributed by atoms with E-state index in [9.17, 15) is 4.79 Å². The number of carbonyl (C=O) groups excluding carboxylic acids is 1. The minimum absolute atomic E-state index is 0.0906. The second-order valence-corrected chi connectivity index (χ2v) is 4.13. The van der Waals surface area contributed by atoms with Crippen molar-refractivity contribution in [2.75, 3.05) is 6.54 Å². The van der Waals surface area contributed by atoms with Crippen molar-refractivity contribution in [1.29, 1.82) is 0 Å². The third-order valence-corrected chi connectivity index (χ3v) is 3.08. The molecular formula is C10H18N2O. The van der Waals surface area contributed by atoms with Gasteiger partial charge in [-0.3, -0.25) is 4.79 Å². The van der Waals surface area contributed by atoms with Crippen LogP contribution in [0.1, 0.15) is 38.5 Å². The zero-order valence-corrected chi connectivity index (χ0v) is 8.01. The summed E-state index contributed by atoms with van der Waals surface area (Å²) in [7, 11) is 0. The third-order valence-electron chi connectivity index (χ3n) is 3.08. The molecule has 1 aliphatic carbocycles. The largest absolute Gasteiger partial charge is 0.355 e. The van der Waals surface area contributed by atoms with E-state index in [0.717, 1.165) is 19.4 Å². The number of amides is 1. The van der Waals surface area contributed by atoms with Crippen molar-refractivity contribution in [3.05, 3.63) is 0 Å². The summed E-state index contributed by atoms with van der Waals surface area (Å²) < 4.78 is 0. The SMILES string of the molecule is O=C1NCCCCC1NC1CCC1. The van der Waals surface area contributed by atoms with Crippen molar-refractivity contribution >= 4 is 5.91 Å². The van der Waals surface area contributed by atoms with Crippen LogP contribution in [-0.2, 0) is 4.79 Å². The predicted octanol–water partition coefficient (Wildman–Crippen LogP) is 0.797. The van der Waals surface area contributed by atoms with Gasteiger partial charge >= 0.3 is 0 Å². The molecule has 3 nitrogen and oxygen atoms in total. The van der Waals surface area contributed by atoms with Gasteiger partial charge in [0.05, 0.1) is 6.04 Å². The molecule has 74 valence electrons. The molecule has 2 N–H and O–H groups in total. The average molecular weight is 182 g/mol. The topological polar surface area (TPSA) is 41.1 Å². The van der Waals surface area contributed by atoms with Gasteiger partial charge in [0.25, 0.3) is 0 Å². The highest BCUT2D eigenvalue weighted by Crippen LogP contribution is 2.19. The summed E-state index contributed by atoms with van der Waals surface area (Å²) in [6.45, 7) is 0.863. The standard InChI is InChI=1S/C10H18N2O/c13-10-9(6-1-2-7-11-10)12-8-4-3-5-8/h8-9,12H,1-7H2,(H,11,13). The fourth-order valence-electron chi connectivity index (χ4n) is 1.96. The smallest absolute Gasteiger partial charge is 0.237 e. The second-order valence-electron chi connectivity index (χ2n) is 4.13. The first-order valence-electron chi connectivity index (χ1n) is 5.40. The molecule has 1 atom stereocenters. The van der Waals surface area contributed by atoms with Gasteiger partial charge in [-0.25, -0.2) is 0 Å². The van der Waals surface area contributed by atoms with Crippen LogP contribution in [0.3, 0.4) is 0 Å². The zero-order chi connectivity index (χ0) is 9.10. The minimum atomic E-state index is 0.0906. The van der Waals surface area contributed by atoms with E-state index in [0.29, 0.717) is 6.04 Å². The summed E-state index contributed by atoms with van der Waals surface area (Å²) in [5, 5.41) is 6.38. The fraction of sp³-hybridized carbons (Fsp3) is 0.900. The molecule has 1 saturated carbocycles. The Balaban J connectivity index is 1.83. The quantitative estimate of drug-likeness (QED) is 0.663. The monoisotopic (exact) mass is 182 g/mol. The van der Waals surface area contributed by atoms with Gasteiger partial charge < -0.3 is 10.6 Å². The van der Waals surface area contributed by atoms with E-state index in [1.54, 1.807) is 0 Å². The Kier molecular flexibility index (Phi) is 2.83. The number of hydrogen-bond donors (Lipinski definition) is 2. The molecule has 1 amide bonds. The summed E-state index contributed by atoms with van der Waals surface area (Å²) in [5.74, 6) is 0.212. The van der Waals surface area contributed by atoms with Crippen molar-refractivity contribution in [1.82, 2.24) is 10.6 Å². The van der Waals surface area contributed by atoms with E-state index in [1.807, 2.05) is 0 Å². The van der Waals surface area contributed by atoms with Crippen LogP contribution in [0.15, 0.2) is 0 Å². The van der Waals surface area contributed by atoms with Crippen LogP contribution in [0.4, 0.5) is 0 Å². The molecule has 2 rings (SSSR count). The molecule has 1 unspecified atom stereocenters. The first-order chi connectivity index (χ1) is 6.36. The van der Waals surface area contributed by atoms with Gasteiger partial charge in [0.15, 0.2) is 0 Å². The lowest BCUT2D eigenvalue weighted by Crippen LogP contribution is -2.49. The summed E-state index contributed by atoms with van der Waals surface area (Å²) >= 11 is 0. The molecule has 0 bridgehead atoms. The molecule has 0 radical (unpaired) electrons. The van der Waals surface area contributed by atoms with Crippen LogP contribution < -0.4 is 10.6 Å². The first-order valence-corrected chi connectivity index (χ1v) is 5.40. The van der Waals surface area contributed by atoms with Gasteiger partial charge in [-0.1, -0.05) is 6.42 Å². The van der Waals surface area contributed by atoms with E-state index < -0.39 is 0 Å². The highest BCUT2D eigenvalue weighted by molar-refractivity contribution is 5.81. The molecule has 2 fully saturated rings. The summed E-state index contributed by atoms with van der Waals surface area (Å²) in [6.07, 6.45) is 7.15. The molecule has 0 spiro atoms. The van der Waals surface area contributed by atoms with Crippen LogP contribution in [-0.4, -0.2) is 24.5 Å². The van der Waals surface area contributed by atoms with Crippen LogP contribution >= 0.6 is 0 Å². The van der Waals surface area contributed by atoms with E-state index >= 15 is 0 Å². The minimum Gasteiger partial charge on any atom is -0.355 e. The Hall–Kier alpha value is -0.570. The number of rotatable bonds is 2. The normalized spacial score (nSPS) is 30.5. The van der Waals surface area contributed by atoms with Crippen LogP contribution in [0.25, 0.3) is 0 Å². The molecule has 2 aliphatic rings. The first kappa shape index (κ1) is 9.00. The lowest BCUT2D eigenvalue weighted by Gasteiger charge is -2.30. The second kappa shape index (κ2) is 4.09. The van der Waals surface area contributed by atoms with Gasteiger partial charge in [0, 0.05) is 12.6 Å². The lowest BCUT2D eigenvalue weighted by atomic mass is 9.92. The van der Waals surface area contributed by atoms with E-state index in [4.69, 9.17) is 0 Å². The number of nitrogens with one attached hydrogen (secondary N) is 2. The maximum atomic E-state index is 11.5. The van der Waals surface area contributed by atoms with Crippen molar-refractivity contribution in [3.63, 3.8) is 0 Å². The molecule has 1 saturated heterocycles. The lowest BCUT2D eigenvalue weighted by molar-refractivity contribution is -0.123. The Morgan fingerprint density at radius 2 is 2.00 bits per heavy atom. The average Bonchev–Trinajstić information content (AvgIpc) is 2.23. The third kappa shape index (κ3) is 2.21. The maximum Gasteiger partial charge on any atom is 0.237 e. The zero-order valence-electron chi connectivity index (χ0n) is 8.01. The van der Waals surface area contributed by atoms with Gasteiger partial charge in [-0.2, -0.15) is 0 Å². The van der Waals surface area contributed by atoms with Crippen LogP contribution in [0.5, 0.6) is 0 Å². The van der Waals surface area contributed by atoms with Gasteiger partial charge in [-0.15, -0.1) is 0 Å². The van der Waals surface area contributed by atoms with Crippen molar-refractivity contribution in [2.45, 2.75) is 50.6 Å². The van der Waals surface area contributed by atoms with Crippen molar-refractivity contribution in [2.24, 2.45) is 0 Å². The Labute approximate surface area is 79.3 Å². The van der Waals surface area contributed by atoms with Crippen LogP contribution in [0, 0.1) is 0 Å². The summed E-state index contributed by atoms with van der Waals surface area (Å²) in [5.41, 5.74) is 0. The fourth-order valence-corrected chi connectivity index (χ4v) is 1.96. The number of carbonyl (C=O) groups is 1. The molecule has 0 aromatic rings. The molecule has 3 heteroatoms. The predicted molar refractivity (Wildman–Crippen MR) is 51.4 cm³/mol. The molecule has 0 aromatic carbocycles. The molecule has 13 heavy (non-hydrogen) atoms. The number of hydrogen-bond acceptors (Lipinski definition) is 2. The highest BCUT2D eigenvalue weighted by atomic mass is 16.2. The maximum absolute atomic E-state index is 11.5. The molecule has 1 heterocycles. The van der Waals surface area contributed by atoms with Gasteiger partial charge in [0.1, 0.15) is 0 Å². The van der Waals surface area contributed by atoms with Gasteiger partial charge in [0.2, 0.25) is 5.91 Å².